The Morgan fingerprint density at radius 1 is 1.17 bits per heavy atom. The van der Waals surface area contributed by atoms with E-state index >= 15 is 0 Å². The van der Waals surface area contributed by atoms with Crippen molar-refractivity contribution in [3.05, 3.63) is 29.3 Å². The molecule has 0 heterocycles. The van der Waals surface area contributed by atoms with Crippen LogP contribution in [-0.2, 0) is 4.74 Å². The van der Waals surface area contributed by atoms with Gasteiger partial charge in [0.05, 0.1) is 6.61 Å². The molecule has 0 radical (unpaired) electrons. The average Bonchev–Trinajstić information content (AvgIpc) is 2.31. The molecule has 0 aliphatic carbocycles. The van der Waals surface area contributed by atoms with Gasteiger partial charge in [-0.3, -0.25) is 0 Å². The van der Waals surface area contributed by atoms with Crippen molar-refractivity contribution >= 4 is 0 Å². The number of rotatable bonds is 7. The lowest BCUT2D eigenvalue weighted by molar-refractivity contribution is 0.0794. The fraction of sp³-hybridized carbons (Fsp3) is 0.600. The Bertz CT molecular complexity index is 364. The molecule has 0 spiro atoms. The standard InChI is InChI=1S/C15H25NO2/c1-11(2)16-9-15(10-17-5)18-14-7-6-12(3)13(4)8-14/h6-8,11,15-16H,9-10H2,1-5H3. The lowest BCUT2D eigenvalue weighted by atomic mass is 10.1. The first-order valence-electron chi connectivity index (χ1n) is 6.49. The van der Waals surface area contributed by atoms with Crippen molar-refractivity contribution < 1.29 is 9.47 Å². The van der Waals surface area contributed by atoms with Crippen molar-refractivity contribution in [1.82, 2.24) is 5.32 Å². The Morgan fingerprint density at radius 3 is 2.44 bits per heavy atom. The summed E-state index contributed by atoms with van der Waals surface area (Å²) >= 11 is 0. The summed E-state index contributed by atoms with van der Waals surface area (Å²) in [5.74, 6) is 0.908. The number of hydrogen-bond acceptors (Lipinski definition) is 3. The SMILES string of the molecule is COCC(CNC(C)C)Oc1ccc(C)c(C)c1. The van der Waals surface area contributed by atoms with E-state index in [2.05, 4.69) is 45.1 Å². The van der Waals surface area contributed by atoms with E-state index in [1.54, 1.807) is 7.11 Å². The van der Waals surface area contributed by atoms with Crippen LogP contribution in [0.15, 0.2) is 18.2 Å². The van der Waals surface area contributed by atoms with Gasteiger partial charge in [0.15, 0.2) is 0 Å². The van der Waals surface area contributed by atoms with Crippen LogP contribution in [0.3, 0.4) is 0 Å². The molecule has 0 saturated heterocycles. The quantitative estimate of drug-likeness (QED) is 0.808. The zero-order valence-electron chi connectivity index (χ0n) is 12.1. The molecule has 0 fully saturated rings. The first-order chi connectivity index (χ1) is 8.52. The summed E-state index contributed by atoms with van der Waals surface area (Å²) in [7, 11) is 1.70. The van der Waals surface area contributed by atoms with Crippen LogP contribution in [0.25, 0.3) is 0 Å². The summed E-state index contributed by atoms with van der Waals surface area (Å²) in [5, 5.41) is 3.37. The minimum atomic E-state index is 0.0412. The van der Waals surface area contributed by atoms with E-state index in [1.807, 2.05) is 6.07 Å². The van der Waals surface area contributed by atoms with Gasteiger partial charge in [-0.2, -0.15) is 0 Å². The second-order valence-electron chi connectivity index (χ2n) is 5.00. The highest BCUT2D eigenvalue weighted by molar-refractivity contribution is 5.33. The molecule has 102 valence electrons. The number of hydrogen-bond donors (Lipinski definition) is 1. The predicted octanol–water partition coefficient (Wildman–Crippen LogP) is 2.70. The molecule has 3 nitrogen and oxygen atoms in total. The van der Waals surface area contributed by atoms with Gasteiger partial charge in [-0.05, 0) is 37.1 Å². The van der Waals surface area contributed by atoms with Gasteiger partial charge >= 0.3 is 0 Å². The third-order valence-electron chi connectivity index (χ3n) is 2.89. The molecule has 0 amide bonds. The van der Waals surface area contributed by atoms with Crippen molar-refractivity contribution in [3.63, 3.8) is 0 Å². The van der Waals surface area contributed by atoms with Gasteiger partial charge in [0.25, 0.3) is 0 Å². The number of ether oxygens (including phenoxy) is 2. The van der Waals surface area contributed by atoms with E-state index in [9.17, 15) is 0 Å². The molecule has 0 aliphatic rings. The van der Waals surface area contributed by atoms with Crippen LogP contribution in [0.4, 0.5) is 0 Å². The highest BCUT2D eigenvalue weighted by atomic mass is 16.5. The lowest BCUT2D eigenvalue weighted by Gasteiger charge is -2.20. The zero-order chi connectivity index (χ0) is 13.5. The van der Waals surface area contributed by atoms with Crippen LogP contribution in [-0.4, -0.2) is 32.4 Å². The maximum absolute atomic E-state index is 5.95. The highest BCUT2D eigenvalue weighted by Crippen LogP contribution is 2.17. The van der Waals surface area contributed by atoms with Gasteiger partial charge in [-0.15, -0.1) is 0 Å². The molecule has 1 atom stereocenters. The smallest absolute Gasteiger partial charge is 0.134 e. The fourth-order valence-electron chi connectivity index (χ4n) is 1.67. The van der Waals surface area contributed by atoms with E-state index in [0.717, 1.165) is 12.3 Å². The van der Waals surface area contributed by atoms with Crippen molar-refractivity contribution in [3.8, 4) is 5.75 Å². The van der Waals surface area contributed by atoms with E-state index in [4.69, 9.17) is 9.47 Å². The molecule has 18 heavy (non-hydrogen) atoms. The number of benzene rings is 1. The van der Waals surface area contributed by atoms with E-state index in [1.165, 1.54) is 11.1 Å². The summed E-state index contributed by atoms with van der Waals surface area (Å²) in [5.41, 5.74) is 2.53. The third kappa shape index (κ3) is 5.07. The Labute approximate surface area is 110 Å². The van der Waals surface area contributed by atoms with Crippen LogP contribution in [0.1, 0.15) is 25.0 Å². The maximum atomic E-state index is 5.95. The molecule has 0 aliphatic heterocycles. The molecule has 1 aromatic rings. The van der Waals surface area contributed by atoms with Gasteiger partial charge in [-0.25, -0.2) is 0 Å². The summed E-state index contributed by atoms with van der Waals surface area (Å²) in [6.07, 6.45) is 0.0412. The minimum Gasteiger partial charge on any atom is -0.487 e. The monoisotopic (exact) mass is 251 g/mol. The van der Waals surface area contributed by atoms with Crippen molar-refractivity contribution in [1.29, 1.82) is 0 Å². The van der Waals surface area contributed by atoms with Crippen LogP contribution < -0.4 is 10.1 Å². The van der Waals surface area contributed by atoms with Crippen molar-refractivity contribution in [2.45, 2.75) is 39.8 Å². The normalized spacial score (nSPS) is 12.8. The fourth-order valence-corrected chi connectivity index (χ4v) is 1.67. The van der Waals surface area contributed by atoms with Crippen molar-refractivity contribution in [2.24, 2.45) is 0 Å². The first-order valence-corrected chi connectivity index (χ1v) is 6.49. The third-order valence-corrected chi connectivity index (χ3v) is 2.89. The molecule has 0 saturated carbocycles. The Morgan fingerprint density at radius 2 is 1.89 bits per heavy atom. The zero-order valence-corrected chi connectivity index (χ0v) is 12.1. The van der Waals surface area contributed by atoms with Gasteiger partial charge in [0.1, 0.15) is 11.9 Å². The van der Waals surface area contributed by atoms with Crippen LogP contribution >= 0.6 is 0 Å². The van der Waals surface area contributed by atoms with Gasteiger partial charge < -0.3 is 14.8 Å². The number of methoxy groups -OCH3 is 1. The second kappa shape index (κ2) is 7.39. The van der Waals surface area contributed by atoms with Crippen LogP contribution in [0.2, 0.25) is 0 Å². The predicted molar refractivity (Wildman–Crippen MR) is 75.3 cm³/mol. The van der Waals surface area contributed by atoms with Gasteiger partial charge in [0, 0.05) is 19.7 Å². The molecule has 1 N–H and O–H groups in total. The molecule has 1 unspecified atom stereocenters. The molecule has 1 rings (SSSR count). The van der Waals surface area contributed by atoms with Crippen LogP contribution in [0, 0.1) is 13.8 Å². The summed E-state index contributed by atoms with van der Waals surface area (Å²) < 4.78 is 11.2. The molecule has 3 heteroatoms. The molecule has 0 bridgehead atoms. The number of aryl methyl sites for hydroxylation is 2. The molecule has 0 aromatic heterocycles. The number of nitrogens with one attached hydrogen (secondary N) is 1. The Hall–Kier alpha value is -1.06. The van der Waals surface area contributed by atoms with E-state index in [-0.39, 0.29) is 6.10 Å². The maximum Gasteiger partial charge on any atom is 0.134 e. The van der Waals surface area contributed by atoms with Gasteiger partial charge in [-0.1, -0.05) is 19.9 Å². The molecular formula is C15H25NO2. The van der Waals surface area contributed by atoms with E-state index < -0.39 is 0 Å². The molecule has 1 aromatic carbocycles. The topological polar surface area (TPSA) is 30.5 Å². The second-order valence-corrected chi connectivity index (χ2v) is 5.00. The Balaban J connectivity index is 2.61. The first kappa shape index (κ1) is 15.0. The Kier molecular flexibility index (Phi) is 6.16. The summed E-state index contributed by atoms with van der Waals surface area (Å²) in [6, 6.07) is 6.63. The summed E-state index contributed by atoms with van der Waals surface area (Å²) in [6.45, 7) is 9.83. The largest absolute Gasteiger partial charge is 0.487 e. The minimum absolute atomic E-state index is 0.0412. The van der Waals surface area contributed by atoms with Crippen molar-refractivity contribution in [2.75, 3.05) is 20.3 Å². The van der Waals surface area contributed by atoms with E-state index in [0.29, 0.717) is 12.6 Å². The van der Waals surface area contributed by atoms with Gasteiger partial charge in [0.2, 0.25) is 0 Å². The lowest BCUT2D eigenvalue weighted by Crippen LogP contribution is -2.38. The molecular weight excluding hydrogens is 226 g/mol. The summed E-state index contributed by atoms with van der Waals surface area (Å²) in [4.78, 5) is 0. The van der Waals surface area contributed by atoms with Crippen LogP contribution in [0.5, 0.6) is 5.75 Å². The highest BCUT2D eigenvalue weighted by Gasteiger charge is 2.11. The average molecular weight is 251 g/mol.